The van der Waals surface area contributed by atoms with E-state index < -0.39 is 18.0 Å². The highest BCUT2D eigenvalue weighted by Crippen LogP contribution is 2.06. The molecule has 0 rings (SSSR count). The third kappa shape index (κ3) is 4.39. The summed E-state index contributed by atoms with van der Waals surface area (Å²) in [4.78, 5) is 30.6. The highest BCUT2D eigenvalue weighted by atomic mass is 16.4. The Kier molecular flexibility index (Phi) is 5.21. The van der Waals surface area contributed by atoms with E-state index >= 15 is 0 Å². The van der Waals surface area contributed by atoms with Crippen molar-refractivity contribution in [1.29, 1.82) is 0 Å². The molecule has 0 heterocycles. The lowest BCUT2D eigenvalue weighted by molar-refractivity contribution is -0.138. The van der Waals surface area contributed by atoms with Crippen molar-refractivity contribution in [1.82, 2.24) is 0 Å². The van der Waals surface area contributed by atoms with Gasteiger partial charge >= 0.3 is 11.9 Å². The van der Waals surface area contributed by atoms with Crippen LogP contribution < -0.4 is 5.73 Å². The van der Waals surface area contributed by atoms with E-state index in [0.29, 0.717) is 0 Å². The van der Waals surface area contributed by atoms with Crippen molar-refractivity contribution in [3.63, 3.8) is 0 Å². The number of aliphatic carboxylic acids is 2. The van der Waals surface area contributed by atoms with E-state index in [4.69, 9.17) is 15.9 Å². The van der Waals surface area contributed by atoms with Crippen LogP contribution in [0.2, 0.25) is 0 Å². The Bertz CT molecular complexity index is 279. The molecule has 0 bridgehead atoms. The lowest BCUT2D eigenvalue weighted by Crippen LogP contribution is -2.29. The number of carbonyl (C=O) groups excluding carboxylic acids is 1. The van der Waals surface area contributed by atoms with Gasteiger partial charge in [-0.15, -0.1) is 0 Å². The molecule has 1 atom stereocenters. The van der Waals surface area contributed by atoms with Gasteiger partial charge in [0.1, 0.15) is 17.6 Å². The number of carboxylic acids is 2. The zero-order chi connectivity index (χ0) is 11.1. The highest BCUT2D eigenvalue weighted by molar-refractivity contribution is 5.95. The second-order valence-electron chi connectivity index (χ2n) is 2.72. The van der Waals surface area contributed by atoms with Crippen LogP contribution in [0.5, 0.6) is 0 Å². The molecule has 0 aliphatic carbocycles. The molecule has 78 valence electrons. The third-order valence-electron chi connectivity index (χ3n) is 1.64. The average molecular weight is 201 g/mol. The molecule has 6 nitrogen and oxygen atoms in total. The number of carbonyl (C=O) groups is 2. The first kappa shape index (κ1) is 12.3. The molecule has 0 saturated carbocycles. The maximum Gasteiger partial charge on any atom is 0.342 e. The van der Waals surface area contributed by atoms with Gasteiger partial charge in [-0.2, -0.15) is 0 Å². The molecule has 0 aliphatic rings. The Morgan fingerprint density at radius 3 is 2.29 bits per heavy atom. The van der Waals surface area contributed by atoms with Crippen LogP contribution in [0.15, 0.2) is 5.57 Å². The summed E-state index contributed by atoms with van der Waals surface area (Å²) in [6, 6.07) is -1.02. The molecule has 0 saturated heterocycles. The predicted molar refractivity (Wildman–Crippen MR) is 46.3 cm³/mol. The topological polar surface area (TPSA) is 118 Å². The second kappa shape index (κ2) is 5.90. The van der Waals surface area contributed by atoms with Gasteiger partial charge in [0.25, 0.3) is 0 Å². The summed E-state index contributed by atoms with van der Waals surface area (Å²) in [5.41, 5.74) is 4.78. The fourth-order valence-electron chi connectivity index (χ4n) is 0.824. The van der Waals surface area contributed by atoms with Gasteiger partial charge in [-0.3, -0.25) is 4.79 Å². The SMILES string of the molecule is NC(CCCC(=C=O)C(=O)O)C(=O)O. The molecule has 0 fully saturated rings. The van der Waals surface area contributed by atoms with Gasteiger partial charge in [-0.05, 0) is 19.3 Å². The molecule has 4 N–H and O–H groups in total. The minimum absolute atomic E-state index is 0.0141. The molecule has 0 radical (unpaired) electrons. The second-order valence-corrected chi connectivity index (χ2v) is 2.72. The van der Waals surface area contributed by atoms with Crippen LogP contribution in [0.25, 0.3) is 0 Å². The molecule has 0 aromatic carbocycles. The molecule has 0 aliphatic heterocycles. The summed E-state index contributed by atoms with van der Waals surface area (Å²) in [7, 11) is 0. The summed E-state index contributed by atoms with van der Waals surface area (Å²) in [6.07, 6.45) is 0.359. The zero-order valence-electron chi connectivity index (χ0n) is 7.40. The van der Waals surface area contributed by atoms with E-state index in [2.05, 4.69) is 0 Å². The number of nitrogens with two attached hydrogens (primary N) is 1. The van der Waals surface area contributed by atoms with E-state index in [-0.39, 0.29) is 24.8 Å². The predicted octanol–water partition coefficient (Wildman–Crippen LogP) is -0.589. The summed E-state index contributed by atoms with van der Waals surface area (Å²) in [5, 5.41) is 16.8. The number of hydrogen-bond donors (Lipinski definition) is 3. The number of hydrogen-bond acceptors (Lipinski definition) is 4. The minimum Gasteiger partial charge on any atom is -0.480 e. The lowest BCUT2D eigenvalue weighted by atomic mass is 10.1. The van der Waals surface area contributed by atoms with Gasteiger partial charge in [0.05, 0.1) is 0 Å². The number of rotatable bonds is 6. The summed E-state index contributed by atoms with van der Waals surface area (Å²) in [5.74, 6) is -1.19. The molecule has 0 amide bonds. The van der Waals surface area contributed by atoms with E-state index in [1.54, 1.807) is 0 Å². The van der Waals surface area contributed by atoms with Gasteiger partial charge < -0.3 is 15.9 Å². The third-order valence-corrected chi connectivity index (χ3v) is 1.64. The fraction of sp³-hybridized carbons (Fsp3) is 0.500. The summed E-state index contributed by atoms with van der Waals surface area (Å²) >= 11 is 0. The van der Waals surface area contributed by atoms with Crippen LogP contribution in [0.1, 0.15) is 19.3 Å². The van der Waals surface area contributed by atoms with Crippen LogP contribution >= 0.6 is 0 Å². The largest absolute Gasteiger partial charge is 0.480 e. The van der Waals surface area contributed by atoms with Crippen LogP contribution in [0.3, 0.4) is 0 Å². The van der Waals surface area contributed by atoms with Crippen molar-refractivity contribution in [3.8, 4) is 0 Å². The Morgan fingerprint density at radius 1 is 1.36 bits per heavy atom. The van der Waals surface area contributed by atoms with Gasteiger partial charge in [0.15, 0.2) is 0 Å². The van der Waals surface area contributed by atoms with E-state index in [1.807, 2.05) is 0 Å². The van der Waals surface area contributed by atoms with Gasteiger partial charge in [-0.25, -0.2) is 9.59 Å². The normalized spacial score (nSPS) is 11.5. The molecule has 0 spiro atoms. The van der Waals surface area contributed by atoms with Crippen molar-refractivity contribution >= 4 is 17.9 Å². The molecule has 0 aromatic rings. The van der Waals surface area contributed by atoms with Crippen LogP contribution in [-0.2, 0) is 14.4 Å². The highest BCUT2D eigenvalue weighted by Gasteiger charge is 2.13. The molecule has 6 heteroatoms. The maximum atomic E-state index is 10.3. The Morgan fingerprint density at radius 2 is 1.93 bits per heavy atom. The molecular formula is C8H11NO5. The maximum absolute atomic E-state index is 10.3. The Hall–Kier alpha value is -1.65. The lowest BCUT2D eigenvalue weighted by Gasteiger charge is -2.04. The molecular weight excluding hydrogens is 190 g/mol. The quantitative estimate of drug-likeness (QED) is 0.390. The first-order valence-corrected chi connectivity index (χ1v) is 3.94. The molecule has 1 unspecified atom stereocenters. The first-order chi connectivity index (χ1) is 6.49. The van der Waals surface area contributed by atoms with Gasteiger partial charge in [-0.1, -0.05) is 0 Å². The van der Waals surface area contributed by atoms with Gasteiger partial charge in [0, 0.05) is 0 Å². The molecule has 0 aromatic heterocycles. The van der Waals surface area contributed by atoms with Crippen molar-refractivity contribution in [2.45, 2.75) is 25.3 Å². The van der Waals surface area contributed by atoms with E-state index in [1.165, 1.54) is 5.94 Å². The standard InChI is InChI=1S/C8H11NO5/c9-6(8(13)14)3-1-2-5(4-10)7(11)12/h6H,1-3,9H2,(H,11,12)(H,13,14). The van der Waals surface area contributed by atoms with Crippen molar-refractivity contribution in [2.75, 3.05) is 0 Å². The van der Waals surface area contributed by atoms with E-state index in [9.17, 15) is 14.4 Å². The van der Waals surface area contributed by atoms with Crippen molar-refractivity contribution in [2.24, 2.45) is 5.73 Å². The van der Waals surface area contributed by atoms with Crippen LogP contribution in [-0.4, -0.2) is 34.1 Å². The number of carboxylic acid groups (broad SMARTS) is 2. The van der Waals surface area contributed by atoms with Crippen molar-refractivity contribution in [3.05, 3.63) is 5.57 Å². The van der Waals surface area contributed by atoms with Gasteiger partial charge in [0.2, 0.25) is 0 Å². The summed E-state index contributed by atoms with van der Waals surface area (Å²) < 4.78 is 0. The van der Waals surface area contributed by atoms with Crippen LogP contribution in [0.4, 0.5) is 0 Å². The average Bonchev–Trinajstić information content (AvgIpc) is 2.11. The van der Waals surface area contributed by atoms with Crippen LogP contribution in [0, 0.1) is 0 Å². The fourth-order valence-corrected chi connectivity index (χ4v) is 0.824. The molecule has 14 heavy (non-hydrogen) atoms. The van der Waals surface area contributed by atoms with Crippen molar-refractivity contribution < 1.29 is 24.6 Å². The minimum atomic E-state index is -1.33. The monoisotopic (exact) mass is 201 g/mol. The first-order valence-electron chi connectivity index (χ1n) is 3.94. The van der Waals surface area contributed by atoms with E-state index in [0.717, 1.165) is 0 Å². The smallest absolute Gasteiger partial charge is 0.342 e. The zero-order valence-corrected chi connectivity index (χ0v) is 7.40. The summed E-state index contributed by atoms with van der Waals surface area (Å²) in [6.45, 7) is 0. The Balaban J connectivity index is 3.90. The Labute approximate surface area is 80.0 Å².